The zero-order valence-electron chi connectivity index (χ0n) is 14.5. The van der Waals surface area contributed by atoms with Crippen molar-refractivity contribution in [2.75, 3.05) is 0 Å². The smallest absolute Gasteiger partial charge is 0.277 e. The van der Waals surface area contributed by atoms with Gasteiger partial charge < -0.3 is 9.40 Å². The monoisotopic (exact) mass is 390 g/mol. The highest BCUT2D eigenvalue weighted by Crippen LogP contribution is 2.25. The SMILES string of the molecule is O=c1cc(CSc2nnc(-c3ccccc3)o2)[nH]n1-c1nc2ccccc2[nH]1. The molecule has 28 heavy (non-hydrogen) atoms. The summed E-state index contributed by atoms with van der Waals surface area (Å²) in [5.41, 5.74) is 3.08. The molecular formula is C19H14N6O2S. The Hall–Kier alpha value is -3.59. The normalized spacial score (nSPS) is 11.3. The van der Waals surface area contributed by atoms with Gasteiger partial charge in [0.25, 0.3) is 10.8 Å². The Morgan fingerprint density at radius 3 is 2.71 bits per heavy atom. The van der Waals surface area contributed by atoms with Crippen LogP contribution in [0.4, 0.5) is 0 Å². The lowest BCUT2D eigenvalue weighted by Gasteiger charge is -1.97. The van der Waals surface area contributed by atoms with Crippen LogP contribution in [-0.2, 0) is 5.75 Å². The largest absolute Gasteiger partial charge is 0.411 e. The predicted octanol–water partition coefficient (Wildman–Crippen LogP) is 3.38. The molecule has 2 N–H and O–H groups in total. The Bertz CT molecular complexity index is 1270. The first kappa shape index (κ1) is 16.6. The molecule has 0 saturated carbocycles. The van der Waals surface area contributed by atoms with E-state index in [1.807, 2.05) is 54.6 Å². The van der Waals surface area contributed by atoms with Crippen molar-refractivity contribution in [2.45, 2.75) is 11.0 Å². The van der Waals surface area contributed by atoms with Crippen molar-refractivity contribution in [1.29, 1.82) is 0 Å². The maximum atomic E-state index is 12.3. The third-order valence-corrected chi connectivity index (χ3v) is 5.01. The number of nitrogens with one attached hydrogen (secondary N) is 2. The van der Waals surface area contributed by atoms with E-state index in [2.05, 4.69) is 25.3 Å². The number of benzene rings is 2. The first-order chi connectivity index (χ1) is 13.8. The number of rotatable bonds is 5. The van der Waals surface area contributed by atoms with E-state index in [1.165, 1.54) is 22.5 Å². The molecule has 0 spiro atoms. The molecule has 0 amide bonds. The van der Waals surface area contributed by atoms with Gasteiger partial charge in [0.2, 0.25) is 11.8 Å². The second-order valence-corrected chi connectivity index (χ2v) is 6.99. The van der Waals surface area contributed by atoms with E-state index < -0.39 is 0 Å². The third-order valence-electron chi connectivity index (χ3n) is 4.14. The summed E-state index contributed by atoms with van der Waals surface area (Å²) in [6.07, 6.45) is 0. The van der Waals surface area contributed by atoms with E-state index in [0.29, 0.717) is 22.8 Å². The third kappa shape index (κ3) is 3.12. The van der Waals surface area contributed by atoms with Gasteiger partial charge in [0.05, 0.1) is 11.0 Å². The second-order valence-electron chi connectivity index (χ2n) is 6.06. The molecule has 0 aliphatic carbocycles. The average Bonchev–Trinajstić information content (AvgIpc) is 3.44. The van der Waals surface area contributed by atoms with Gasteiger partial charge in [-0.2, -0.15) is 4.68 Å². The second kappa shape index (κ2) is 6.86. The fourth-order valence-corrected chi connectivity index (χ4v) is 3.49. The van der Waals surface area contributed by atoms with Gasteiger partial charge in [0.1, 0.15) is 0 Å². The van der Waals surface area contributed by atoms with E-state index in [9.17, 15) is 4.79 Å². The minimum atomic E-state index is -0.190. The Kier molecular flexibility index (Phi) is 4.06. The highest BCUT2D eigenvalue weighted by atomic mass is 32.2. The van der Waals surface area contributed by atoms with E-state index in [0.717, 1.165) is 22.3 Å². The lowest BCUT2D eigenvalue weighted by molar-refractivity contribution is 0.466. The molecule has 3 aromatic heterocycles. The molecule has 0 saturated heterocycles. The van der Waals surface area contributed by atoms with Crippen LogP contribution in [0.15, 0.2) is 75.1 Å². The first-order valence-corrected chi connectivity index (χ1v) is 9.52. The highest BCUT2D eigenvalue weighted by Gasteiger charge is 2.12. The summed E-state index contributed by atoms with van der Waals surface area (Å²) in [6.45, 7) is 0. The van der Waals surface area contributed by atoms with E-state index in [4.69, 9.17) is 4.42 Å². The Morgan fingerprint density at radius 1 is 1.04 bits per heavy atom. The van der Waals surface area contributed by atoms with Crippen molar-refractivity contribution in [3.05, 3.63) is 76.7 Å². The van der Waals surface area contributed by atoms with Crippen LogP contribution >= 0.6 is 11.8 Å². The quantitative estimate of drug-likeness (QED) is 0.446. The van der Waals surface area contributed by atoms with E-state index >= 15 is 0 Å². The predicted molar refractivity (Wildman–Crippen MR) is 105 cm³/mol. The van der Waals surface area contributed by atoms with Crippen molar-refractivity contribution in [1.82, 2.24) is 29.9 Å². The maximum absolute atomic E-state index is 12.3. The van der Waals surface area contributed by atoms with Gasteiger partial charge in [0.15, 0.2) is 0 Å². The van der Waals surface area contributed by atoms with Crippen molar-refractivity contribution in [3.63, 3.8) is 0 Å². The number of aromatic nitrogens is 6. The van der Waals surface area contributed by atoms with Crippen molar-refractivity contribution >= 4 is 22.8 Å². The zero-order chi connectivity index (χ0) is 18.9. The van der Waals surface area contributed by atoms with Crippen molar-refractivity contribution in [2.24, 2.45) is 0 Å². The number of hydrogen-bond donors (Lipinski definition) is 2. The molecule has 0 unspecified atom stereocenters. The van der Waals surface area contributed by atoms with Crippen LogP contribution < -0.4 is 5.56 Å². The van der Waals surface area contributed by atoms with Crippen LogP contribution in [0.3, 0.4) is 0 Å². The summed E-state index contributed by atoms with van der Waals surface area (Å²) in [4.78, 5) is 19.9. The molecule has 5 aromatic rings. The zero-order valence-corrected chi connectivity index (χ0v) is 15.3. The van der Waals surface area contributed by atoms with Gasteiger partial charge in [-0.1, -0.05) is 42.1 Å². The summed E-state index contributed by atoms with van der Waals surface area (Å²) in [7, 11) is 0. The molecule has 0 aliphatic rings. The summed E-state index contributed by atoms with van der Waals surface area (Å²) in [5, 5.41) is 11.6. The van der Waals surface area contributed by atoms with E-state index in [1.54, 1.807) is 0 Å². The molecule has 8 nitrogen and oxygen atoms in total. The minimum Gasteiger partial charge on any atom is -0.411 e. The standard InChI is InChI=1S/C19H14N6O2S/c26-16-10-13(24-25(16)18-20-14-8-4-5-9-15(14)21-18)11-28-19-23-22-17(27-19)12-6-2-1-3-7-12/h1-10,24H,11H2,(H,20,21). The number of aromatic amines is 2. The molecule has 0 bridgehead atoms. The fourth-order valence-electron chi connectivity index (χ4n) is 2.83. The molecule has 9 heteroatoms. The van der Waals surface area contributed by atoms with E-state index in [-0.39, 0.29) is 5.56 Å². The van der Waals surface area contributed by atoms with Crippen LogP contribution in [0.2, 0.25) is 0 Å². The number of para-hydroxylation sites is 2. The molecule has 0 aliphatic heterocycles. The number of H-pyrrole nitrogens is 2. The van der Waals surface area contributed by atoms with Gasteiger partial charge in [-0.3, -0.25) is 9.89 Å². The van der Waals surface area contributed by atoms with Gasteiger partial charge >= 0.3 is 0 Å². The maximum Gasteiger partial charge on any atom is 0.277 e. The number of hydrogen-bond acceptors (Lipinski definition) is 6. The van der Waals surface area contributed by atoms with Crippen LogP contribution in [0, 0.1) is 0 Å². The van der Waals surface area contributed by atoms with Gasteiger partial charge in [-0.25, -0.2) is 4.98 Å². The lowest BCUT2D eigenvalue weighted by atomic mass is 10.2. The van der Waals surface area contributed by atoms with Gasteiger partial charge in [0, 0.05) is 23.1 Å². The minimum absolute atomic E-state index is 0.190. The Balaban J connectivity index is 1.34. The number of imidazole rings is 1. The number of nitrogens with zero attached hydrogens (tertiary/aromatic N) is 4. The topological polar surface area (TPSA) is 105 Å². The lowest BCUT2D eigenvalue weighted by Crippen LogP contribution is -2.14. The molecule has 3 heterocycles. The van der Waals surface area contributed by atoms with Crippen LogP contribution in [0.5, 0.6) is 0 Å². The fraction of sp³-hybridized carbons (Fsp3) is 0.0526. The summed E-state index contributed by atoms with van der Waals surface area (Å²) < 4.78 is 7.06. The van der Waals surface area contributed by atoms with Crippen LogP contribution in [0.1, 0.15) is 5.69 Å². The summed E-state index contributed by atoms with van der Waals surface area (Å²) >= 11 is 1.36. The molecule has 2 aromatic carbocycles. The number of fused-ring (bicyclic) bond motifs is 1. The Morgan fingerprint density at radius 2 is 1.86 bits per heavy atom. The van der Waals surface area contributed by atoms with Crippen LogP contribution in [0.25, 0.3) is 28.4 Å². The molecule has 0 radical (unpaired) electrons. The molecular weight excluding hydrogens is 376 g/mol. The molecule has 0 atom stereocenters. The molecule has 138 valence electrons. The van der Waals surface area contributed by atoms with Crippen molar-refractivity contribution in [3.8, 4) is 17.4 Å². The average molecular weight is 390 g/mol. The van der Waals surface area contributed by atoms with Gasteiger partial charge in [-0.05, 0) is 24.3 Å². The number of thioether (sulfide) groups is 1. The van der Waals surface area contributed by atoms with Gasteiger partial charge in [-0.15, -0.1) is 10.2 Å². The molecule has 5 rings (SSSR count). The Labute approximate surface area is 162 Å². The molecule has 0 fully saturated rings. The summed E-state index contributed by atoms with van der Waals surface area (Å²) in [5.74, 6) is 1.40. The highest BCUT2D eigenvalue weighted by molar-refractivity contribution is 7.98. The summed E-state index contributed by atoms with van der Waals surface area (Å²) in [6, 6.07) is 18.7. The first-order valence-electron chi connectivity index (χ1n) is 8.54. The van der Waals surface area contributed by atoms with Crippen molar-refractivity contribution < 1.29 is 4.42 Å². The van der Waals surface area contributed by atoms with Crippen LogP contribution in [-0.4, -0.2) is 29.9 Å².